The average Bonchev–Trinajstić information content (AvgIpc) is 3.12. The summed E-state index contributed by atoms with van der Waals surface area (Å²) in [5.41, 5.74) is 3.71. The van der Waals surface area contributed by atoms with Crippen LogP contribution in [0.1, 0.15) is 24.3 Å². The third-order valence-electron chi connectivity index (χ3n) is 5.55. The highest BCUT2D eigenvalue weighted by Gasteiger charge is 2.37. The molecule has 0 spiro atoms. The minimum Gasteiger partial charge on any atom is -0.332 e. The van der Waals surface area contributed by atoms with Gasteiger partial charge in [-0.15, -0.1) is 12.4 Å². The fraction of sp³-hybridized carbons (Fsp3) is 0.500. The van der Waals surface area contributed by atoms with E-state index in [4.69, 9.17) is 11.6 Å². The summed E-state index contributed by atoms with van der Waals surface area (Å²) in [4.78, 5) is 28.1. The number of halogens is 3. The molecule has 158 valence electrons. The third-order valence-corrected chi connectivity index (χ3v) is 5.55. The third kappa shape index (κ3) is 4.27. The van der Waals surface area contributed by atoms with Crippen LogP contribution in [0.2, 0.25) is 0 Å². The summed E-state index contributed by atoms with van der Waals surface area (Å²) in [6, 6.07) is 4.36. The van der Waals surface area contributed by atoms with Crippen LogP contribution in [-0.2, 0) is 0 Å². The molecule has 0 radical (unpaired) electrons. The van der Waals surface area contributed by atoms with Gasteiger partial charge < -0.3 is 21.5 Å². The normalized spacial score (nSPS) is 20.3. The van der Waals surface area contributed by atoms with Crippen molar-refractivity contribution in [2.45, 2.75) is 18.8 Å². The fourth-order valence-corrected chi connectivity index (χ4v) is 3.68. The van der Waals surface area contributed by atoms with Gasteiger partial charge in [-0.1, -0.05) is 0 Å². The van der Waals surface area contributed by atoms with E-state index < -0.39 is 35.1 Å². The van der Waals surface area contributed by atoms with E-state index in [9.17, 15) is 23.6 Å². The second kappa shape index (κ2) is 8.90. The Kier molecular flexibility index (Phi) is 7.00. The Hall–Kier alpha value is -2.48. The molecule has 1 aromatic carbocycles. The summed E-state index contributed by atoms with van der Waals surface area (Å²) < 4.78 is 28.2. The largest absolute Gasteiger partial charge is 0.347 e. The standard InChI is InChI=1S/C18H22F2N6O2.ClH/c19-8-18(9-22)2-4-25(10-18)3-1-11(7-21)12-6-15-13(5-14(12)20)16(27)26(23)17(28)24-15;/h5-6,11H,1-4,8-10,22-23H2,(H,24,28);1H. The quantitative estimate of drug-likeness (QED) is 0.576. The van der Waals surface area contributed by atoms with Gasteiger partial charge in [-0.3, -0.25) is 9.18 Å². The molecule has 3 rings (SSSR count). The maximum absolute atomic E-state index is 14.6. The number of hydrogen-bond acceptors (Lipinski definition) is 6. The smallest absolute Gasteiger partial charge is 0.332 e. The van der Waals surface area contributed by atoms with Gasteiger partial charge in [0.15, 0.2) is 0 Å². The molecule has 1 saturated heterocycles. The number of alkyl halides is 1. The van der Waals surface area contributed by atoms with Crippen LogP contribution in [0.25, 0.3) is 10.9 Å². The molecular formula is C18H23ClF2N6O2. The lowest BCUT2D eigenvalue weighted by molar-refractivity contribution is 0.205. The van der Waals surface area contributed by atoms with E-state index in [1.807, 2.05) is 4.90 Å². The Bertz CT molecular complexity index is 1040. The lowest BCUT2D eigenvalue weighted by atomic mass is 9.89. The van der Waals surface area contributed by atoms with E-state index in [0.29, 0.717) is 37.2 Å². The summed E-state index contributed by atoms with van der Waals surface area (Å²) in [6.07, 6.45) is 0.970. The molecule has 2 heterocycles. The molecule has 0 amide bonds. The van der Waals surface area contributed by atoms with Crippen molar-refractivity contribution >= 4 is 23.3 Å². The van der Waals surface area contributed by atoms with Crippen LogP contribution in [0.15, 0.2) is 21.7 Å². The molecule has 5 N–H and O–H groups in total. The van der Waals surface area contributed by atoms with Crippen LogP contribution in [0.5, 0.6) is 0 Å². The van der Waals surface area contributed by atoms with Crippen molar-refractivity contribution in [2.24, 2.45) is 11.1 Å². The predicted molar refractivity (Wildman–Crippen MR) is 108 cm³/mol. The van der Waals surface area contributed by atoms with Gasteiger partial charge in [0.2, 0.25) is 0 Å². The van der Waals surface area contributed by atoms with Crippen molar-refractivity contribution in [1.82, 2.24) is 14.6 Å². The maximum atomic E-state index is 14.6. The summed E-state index contributed by atoms with van der Waals surface area (Å²) in [5, 5.41) is 9.45. The summed E-state index contributed by atoms with van der Waals surface area (Å²) in [7, 11) is 0. The van der Waals surface area contributed by atoms with Crippen LogP contribution in [0, 0.1) is 22.6 Å². The van der Waals surface area contributed by atoms with Crippen LogP contribution in [0.3, 0.4) is 0 Å². The highest BCUT2D eigenvalue weighted by Crippen LogP contribution is 2.31. The molecule has 1 aromatic heterocycles. The Morgan fingerprint density at radius 3 is 2.69 bits per heavy atom. The van der Waals surface area contributed by atoms with Gasteiger partial charge in [-0.2, -0.15) is 9.94 Å². The molecule has 0 saturated carbocycles. The minimum absolute atomic E-state index is 0. The van der Waals surface area contributed by atoms with E-state index in [2.05, 4.69) is 11.1 Å². The van der Waals surface area contributed by atoms with Gasteiger partial charge in [0.05, 0.1) is 29.6 Å². The molecule has 8 nitrogen and oxygen atoms in total. The number of nitrogens with one attached hydrogen (secondary N) is 1. The molecule has 1 aliphatic heterocycles. The van der Waals surface area contributed by atoms with Gasteiger partial charge in [-0.25, -0.2) is 9.18 Å². The van der Waals surface area contributed by atoms with Crippen molar-refractivity contribution < 1.29 is 8.78 Å². The van der Waals surface area contributed by atoms with Crippen LogP contribution in [-0.4, -0.2) is 47.4 Å². The van der Waals surface area contributed by atoms with Crippen molar-refractivity contribution in [3.63, 3.8) is 0 Å². The first-order valence-corrected chi connectivity index (χ1v) is 8.95. The zero-order valence-electron chi connectivity index (χ0n) is 15.7. The van der Waals surface area contributed by atoms with Gasteiger partial charge in [0, 0.05) is 24.1 Å². The van der Waals surface area contributed by atoms with E-state index >= 15 is 0 Å². The number of rotatable bonds is 6. The monoisotopic (exact) mass is 428 g/mol. The molecule has 2 unspecified atom stereocenters. The minimum atomic E-state index is -0.829. The van der Waals surface area contributed by atoms with Gasteiger partial charge in [-0.05, 0) is 38.1 Å². The SMILES string of the molecule is Cl.N#CC(CCN1CCC(CN)(CF)C1)c1cc2[nH]c(=O)n(N)c(=O)c2cc1F. The second-order valence-corrected chi connectivity index (χ2v) is 7.36. The molecule has 1 fully saturated rings. The molecule has 11 heteroatoms. The summed E-state index contributed by atoms with van der Waals surface area (Å²) in [5.74, 6) is 3.83. The lowest BCUT2D eigenvalue weighted by Crippen LogP contribution is -2.40. The van der Waals surface area contributed by atoms with Gasteiger partial charge in [0.25, 0.3) is 5.56 Å². The van der Waals surface area contributed by atoms with Crippen molar-refractivity contribution in [3.05, 3.63) is 44.4 Å². The molecular weight excluding hydrogens is 406 g/mol. The first-order valence-electron chi connectivity index (χ1n) is 8.95. The van der Waals surface area contributed by atoms with Crippen LogP contribution < -0.4 is 22.8 Å². The summed E-state index contributed by atoms with van der Waals surface area (Å²) >= 11 is 0. The zero-order chi connectivity index (χ0) is 20.5. The number of benzene rings is 1. The number of likely N-dealkylation sites (tertiary alicyclic amines) is 1. The Morgan fingerprint density at radius 2 is 2.10 bits per heavy atom. The topological polar surface area (TPSA) is 134 Å². The number of hydrogen-bond donors (Lipinski definition) is 3. The number of nitrogen functional groups attached to an aromatic ring is 1. The molecule has 2 aromatic rings. The van der Waals surface area contributed by atoms with E-state index in [-0.39, 0.29) is 35.4 Å². The van der Waals surface area contributed by atoms with E-state index in [1.165, 1.54) is 6.07 Å². The number of fused-ring (bicyclic) bond motifs is 1. The van der Waals surface area contributed by atoms with Crippen LogP contribution in [0.4, 0.5) is 8.78 Å². The van der Waals surface area contributed by atoms with Crippen molar-refractivity contribution in [3.8, 4) is 6.07 Å². The van der Waals surface area contributed by atoms with Gasteiger partial charge in [0.1, 0.15) is 5.82 Å². The van der Waals surface area contributed by atoms with E-state index in [0.717, 1.165) is 6.07 Å². The molecule has 0 bridgehead atoms. The second-order valence-electron chi connectivity index (χ2n) is 7.36. The average molecular weight is 429 g/mol. The zero-order valence-corrected chi connectivity index (χ0v) is 16.5. The van der Waals surface area contributed by atoms with Gasteiger partial charge >= 0.3 is 5.69 Å². The number of nitrogens with zero attached hydrogens (tertiary/aromatic N) is 3. The first-order chi connectivity index (χ1) is 13.3. The summed E-state index contributed by atoms with van der Waals surface area (Å²) in [6.45, 7) is 1.42. The first kappa shape index (κ1) is 22.8. The Balaban J connectivity index is 0.00000300. The number of H-pyrrole nitrogens is 1. The highest BCUT2D eigenvalue weighted by atomic mass is 35.5. The number of aromatic nitrogens is 2. The maximum Gasteiger partial charge on any atom is 0.347 e. The molecule has 0 aliphatic carbocycles. The Labute approximate surface area is 171 Å². The molecule has 29 heavy (non-hydrogen) atoms. The number of nitrogens with two attached hydrogens (primary N) is 2. The number of nitriles is 1. The number of aromatic amines is 1. The predicted octanol–water partition coefficient (Wildman–Crippen LogP) is 0.582. The highest BCUT2D eigenvalue weighted by molar-refractivity contribution is 5.85. The van der Waals surface area contributed by atoms with Crippen molar-refractivity contribution in [1.29, 1.82) is 5.26 Å². The lowest BCUT2D eigenvalue weighted by Gasteiger charge is -2.24. The van der Waals surface area contributed by atoms with Crippen LogP contribution >= 0.6 is 12.4 Å². The fourth-order valence-electron chi connectivity index (χ4n) is 3.68. The molecule has 2 atom stereocenters. The molecule has 1 aliphatic rings. The van der Waals surface area contributed by atoms with E-state index in [1.54, 1.807) is 0 Å². The Morgan fingerprint density at radius 1 is 1.38 bits per heavy atom. The van der Waals surface area contributed by atoms with Crippen molar-refractivity contribution in [2.75, 3.05) is 38.7 Å².